The second-order valence-electron chi connectivity index (χ2n) is 5.62. The molecule has 0 fully saturated rings. The Morgan fingerprint density at radius 2 is 1.76 bits per heavy atom. The van der Waals surface area contributed by atoms with E-state index in [-0.39, 0.29) is 11.0 Å². The highest BCUT2D eigenvalue weighted by molar-refractivity contribution is 7.80. The zero-order valence-electron chi connectivity index (χ0n) is 14.6. The highest BCUT2D eigenvalue weighted by Gasteiger charge is 2.13. The zero-order valence-corrected chi connectivity index (χ0v) is 15.4. The van der Waals surface area contributed by atoms with Gasteiger partial charge in [-0.2, -0.15) is 0 Å². The molecule has 0 aliphatic rings. The van der Waals surface area contributed by atoms with Crippen LogP contribution in [-0.2, 0) is 4.74 Å². The molecule has 1 amide bonds. The van der Waals surface area contributed by atoms with Crippen LogP contribution in [0.15, 0.2) is 42.5 Å². The molecule has 2 rings (SSSR count). The van der Waals surface area contributed by atoms with Gasteiger partial charge in [0.2, 0.25) is 0 Å². The molecule has 0 unspecified atom stereocenters. The first kappa shape index (κ1) is 18.9. The van der Waals surface area contributed by atoms with E-state index in [0.29, 0.717) is 24.5 Å². The van der Waals surface area contributed by atoms with E-state index in [1.54, 1.807) is 25.3 Å². The molecule has 5 nitrogen and oxygen atoms in total. The fraction of sp³-hybridized carbons (Fsp3) is 0.263. The van der Waals surface area contributed by atoms with E-state index in [2.05, 4.69) is 16.7 Å². The number of aryl methyl sites for hydroxylation is 2. The van der Waals surface area contributed by atoms with Crippen LogP contribution >= 0.6 is 12.2 Å². The number of carbonyl (C=O) groups excluding carboxylic acids is 1. The van der Waals surface area contributed by atoms with Gasteiger partial charge in [-0.15, -0.1) is 0 Å². The van der Waals surface area contributed by atoms with Crippen molar-refractivity contribution < 1.29 is 14.3 Å². The van der Waals surface area contributed by atoms with E-state index in [0.717, 1.165) is 16.8 Å². The number of thiocarbonyl (C=S) groups is 1. The summed E-state index contributed by atoms with van der Waals surface area (Å²) in [4.78, 5) is 12.5. The lowest BCUT2D eigenvalue weighted by Crippen LogP contribution is -2.34. The van der Waals surface area contributed by atoms with Crippen molar-refractivity contribution in [2.75, 3.05) is 25.6 Å². The van der Waals surface area contributed by atoms with Crippen molar-refractivity contribution in [3.63, 3.8) is 0 Å². The van der Waals surface area contributed by atoms with Gasteiger partial charge in [-0.3, -0.25) is 10.1 Å². The molecule has 0 heterocycles. The van der Waals surface area contributed by atoms with Gasteiger partial charge in [0.05, 0.1) is 12.2 Å². The highest BCUT2D eigenvalue weighted by atomic mass is 32.1. The standard InChI is InChI=1S/C19H22N2O3S/c1-13-10-14(2)12-15(11-13)20-19(25)21-18(22)16-6-4-5-7-17(16)24-9-8-23-3/h4-7,10-12H,8-9H2,1-3H3,(H2,20,21,22,25). The number of rotatable bonds is 6. The van der Waals surface area contributed by atoms with Crippen LogP contribution < -0.4 is 15.4 Å². The Hall–Kier alpha value is -2.44. The van der Waals surface area contributed by atoms with Crippen molar-refractivity contribution in [3.8, 4) is 5.75 Å². The fourth-order valence-electron chi connectivity index (χ4n) is 2.39. The molecule has 0 aliphatic heterocycles. The van der Waals surface area contributed by atoms with Gasteiger partial charge < -0.3 is 14.8 Å². The number of hydrogen-bond acceptors (Lipinski definition) is 4. The number of carbonyl (C=O) groups is 1. The number of hydrogen-bond donors (Lipinski definition) is 2. The van der Waals surface area contributed by atoms with Crippen LogP contribution in [0.2, 0.25) is 0 Å². The highest BCUT2D eigenvalue weighted by Crippen LogP contribution is 2.18. The lowest BCUT2D eigenvalue weighted by Gasteiger charge is -2.13. The Morgan fingerprint density at radius 1 is 1.08 bits per heavy atom. The Labute approximate surface area is 153 Å². The second kappa shape index (κ2) is 9.15. The minimum atomic E-state index is -0.324. The van der Waals surface area contributed by atoms with Gasteiger partial charge in [0.15, 0.2) is 5.11 Å². The topological polar surface area (TPSA) is 59.6 Å². The molecule has 0 aromatic heterocycles. The molecule has 2 aromatic rings. The average Bonchev–Trinajstić information content (AvgIpc) is 2.54. The number of methoxy groups -OCH3 is 1. The third kappa shape index (κ3) is 5.85. The fourth-order valence-corrected chi connectivity index (χ4v) is 2.61. The molecular weight excluding hydrogens is 336 g/mol. The molecule has 6 heteroatoms. The first-order valence-corrected chi connectivity index (χ1v) is 8.32. The number of ether oxygens (including phenoxy) is 2. The van der Waals surface area contributed by atoms with E-state index < -0.39 is 0 Å². The van der Waals surface area contributed by atoms with Crippen molar-refractivity contribution in [3.05, 3.63) is 59.2 Å². The molecular formula is C19H22N2O3S. The van der Waals surface area contributed by atoms with Gasteiger partial charge in [0.1, 0.15) is 12.4 Å². The minimum Gasteiger partial charge on any atom is -0.490 e. The molecule has 25 heavy (non-hydrogen) atoms. The summed E-state index contributed by atoms with van der Waals surface area (Å²) < 4.78 is 10.5. The molecule has 0 saturated carbocycles. The van der Waals surface area contributed by atoms with Crippen LogP contribution in [0.25, 0.3) is 0 Å². The number of amides is 1. The van der Waals surface area contributed by atoms with Crippen LogP contribution in [0.3, 0.4) is 0 Å². The summed E-state index contributed by atoms with van der Waals surface area (Å²) >= 11 is 5.24. The third-order valence-corrected chi connectivity index (χ3v) is 3.59. The molecule has 0 saturated heterocycles. The summed E-state index contributed by atoms with van der Waals surface area (Å²) in [5.74, 6) is 0.168. The van der Waals surface area contributed by atoms with Crippen molar-refractivity contribution in [1.29, 1.82) is 0 Å². The molecule has 2 N–H and O–H groups in total. The molecule has 0 atom stereocenters. The SMILES string of the molecule is COCCOc1ccccc1C(=O)NC(=S)Nc1cc(C)cc(C)c1. The predicted octanol–water partition coefficient (Wildman–Crippen LogP) is 3.46. The molecule has 0 radical (unpaired) electrons. The van der Waals surface area contributed by atoms with Gasteiger partial charge in [-0.25, -0.2) is 0 Å². The maximum Gasteiger partial charge on any atom is 0.261 e. The predicted molar refractivity (Wildman–Crippen MR) is 103 cm³/mol. The number of benzene rings is 2. The zero-order chi connectivity index (χ0) is 18.2. The van der Waals surface area contributed by atoms with E-state index in [1.807, 2.05) is 32.0 Å². The van der Waals surface area contributed by atoms with Crippen LogP contribution in [-0.4, -0.2) is 31.3 Å². The largest absolute Gasteiger partial charge is 0.490 e. The van der Waals surface area contributed by atoms with Crippen molar-refractivity contribution in [2.45, 2.75) is 13.8 Å². The summed E-state index contributed by atoms with van der Waals surface area (Å²) in [5.41, 5.74) is 3.50. The van der Waals surface area contributed by atoms with Crippen molar-refractivity contribution in [2.24, 2.45) is 0 Å². The Kier molecular flexibility index (Phi) is 6.91. The van der Waals surface area contributed by atoms with Gasteiger partial charge in [0.25, 0.3) is 5.91 Å². The summed E-state index contributed by atoms with van der Waals surface area (Å²) in [5, 5.41) is 5.96. The summed E-state index contributed by atoms with van der Waals surface area (Å²) in [6.07, 6.45) is 0. The third-order valence-electron chi connectivity index (χ3n) is 3.38. The first-order valence-electron chi connectivity index (χ1n) is 7.91. The van der Waals surface area contributed by atoms with Crippen molar-refractivity contribution >= 4 is 28.9 Å². The maximum absolute atomic E-state index is 12.5. The Morgan fingerprint density at radius 3 is 2.44 bits per heavy atom. The van der Waals surface area contributed by atoms with Crippen molar-refractivity contribution in [1.82, 2.24) is 5.32 Å². The first-order chi connectivity index (χ1) is 12.0. The second-order valence-corrected chi connectivity index (χ2v) is 6.03. The number of para-hydroxylation sites is 1. The smallest absolute Gasteiger partial charge is 0.261 e. The van der Waals surface area contributed by atoms with Gasteiger partial charge >= 0.3 is 0 Å². The number of anilines is 1. The maximum atomic E-state index is 12.5. The van der Waals surface area contributed by atoms with Crippen LogP contribution in [0.1, 0.15) is 21.5 Å². The summed E-state index contributed by atoms with van der Waals surface area (Å²) in [6.45, 7) is 4.83. The molecule has 2 aromatic carbocycles. The van der Waals surface area contributed by atoms with Gasteiger partial charge in [0, 0.05) is 12.8 Å². The average molecular weight is 358 g/mol. The summed E-state index contributed by atoms with van der Waals surface area (Å²) in [7, 11) is 1.60. The van der Waals surface area contributed by atoms with E-state index in [4.69, 9.17) is 21.7 Å². The van der Waals surface area contributed by atoms with Crippen LogP contribution in [0, 0.1) is 13.8 Å². The molecule has 132 valence electrons. The normalized spacial score (nSPS) is 10.2. The minimum absolute atomic E-state index is 0.238. The van der Waals surface area contributed by atoms with Crippen LogP contribution in [0.5, 0.6) is 5.75 Å². The lowest BCUT2D eigenvalue weighted by atomic mass is 10.1. The molecule has 0 bridgehead atoms. The van der Waals surface area contributed by atoms with Crippen LogP contribution in [0.4, 0.5) is 5.69 Å². The molecule has 0 spiro atoms. The van der Waals surface area contributed by atoms with Gasteiger partial charge in [-0.1, -0.05) is 18.2 Å². The van der Waals surface area contributed by atoms with E-state index in [1.165, 1.54) is 0 Å². The van der Waals surface area contributed by atoms with E-state index in [9.17, 15) is 4.79 Å². The van der Waals surface area contributed by atoms with Gasteiger partial charge in [-0.05, 0) is 61.5 Å². The monoisotopic (exact) mass is 358 g/mol. The molecule has 0 aliphatic carbocycles. The summed E-state index contributed by atoms with van der Waals surface area (Å²) in [6, 6.07) is 13.0. The number of nitrogens with one attached hydrogen (secondary N) is 2. The van der Waals surface area contributed by atoms with E-state index >= 15 is 0 Å². The Bertz CT molecular complexity index is 742. The quantitative estimate of drug-likeness (QED) is 0.612. The lowest BCUT2D eigenvalue weighted by molar-refractivity contribution is 0.0970. The Balaban J connectivity index is 2.02.